The fourth-order valence-corrected chi connectivity index (χ4v) is 4.79. The molecule has 1 aromatic heterocycles. The van der Waals surface area contributed by atoms with Crippen molar-refractivity contribution < 1.29 is 14.0 Å². The number of fused-ring (bicyclic) bond motifs is 3. The third-order valence-corrected chi connectivity index (χ3v) is 6.62. The first kappa shape index (κ1) is 19.7. The van der Waals surface area contributed by atoms with E-state index in [9.17, 15) is 14.0 Å². The summed E-state index contributed by atoms with van der Waals surface area (Å²) in [6.45, 7) is 2.04. The minimum absolute atomic E-state index is 0.00327. The van der Waals surface area contributed by atoms with Crippen molar-refractivity contribution in [3.63, 3.8) is 0 Å². The van der Waals surface area contributed by atoms with Crippen LogP contribution in [0.25, 0.3) is 11.0 Å². The van der Waals surface area contributed by atoms with Crippen molar-refractivity contribution in [1.29, 1.82) is 0 Å². The zero-order valence-corrected chi connectivity index (χ0v) is 17.5. The number of hydrogen-bond acceptors (Lipinski definition) is 3. The second-order valence-corrected chi connectivity index (χ2v) is 8.72. The summed E-state index contributed by atoms with van der Waals surface area (Å²) in [5.74, 6) is -0.682. The van der Waals surface area contributed by atoms with Gasteiger partial charge in [-0.05, 0) is 38.0 Å². The van der Waals surface area contributed by atoms with Crippen molar-refractivity contribution in [2.24, 2.45) is 0 Å². The maximum absolute atomic E-state index is 14.5. The van der Waals surface area contributed by atoms with Crippen molar-refractivity contribution in [1.82, 2.24) is 19.8 Å². The largest absolute Gasteiger partial charge is 0.351 e. The average molecular weight is 420 g/mol. The molecular formula is C24H25FN4O2. The van der Waals surface area contributed by atoms with E-state index in [1.165, 1.54) is 11.0 Å². The first-order valence-corrected chi connectivity index (χ1v) is 10.8. The molecule has 1 saturated carbocycles. The molecule has 6 nitrogen and oxygen atoms in total. The molecule has 2 heterocycles. The van der Waals surface area contributed by atoms with Gasteiger partial charge in [-0.15, -0.1) is 0 Å². The average Bonchev–Trinajstić information content (AvgIpc) is 3.40. The van der Waals surface area contributed by atoms with E-state index in [0.717, 1.165) is 31.2 Å². The van der Waals surface area contributed by atoms with Gasteiger partial charge in [-0.25, -0.2) is 9.37 Å². The smallest absolute Gasteiger partial charge is 0.291 e. The molecular weight excluding hydrogens is 395 g/mol. The van der Waals surface area contributed by atoms with Crippen LogP contribution in [0.5, 0.6) is 0 Å². The van der Waals surface area contributed by atoms with E-state index >= 15 is 0 Å². The van der Waals surface area contributed by atoms with E-state index in [2.05, 4.69) is 10.3 Å². The van der Waals surface area contributed by atoms with Gasteiger partial charge in [0.25, 0.3) is 5.91 Å². The summed E-state index contributed by atoms with van der Waals surface area (Å²) in [6, 6.07) is 14.0. The van der Waals surface area contributed by atoms with Crippen molar-refractivity contribution in [2.45, 2.75) is 57.3 Å². The summed E-state index contributed by atoms with van der Waals surface area (Å²) in [5, 5.41) is 3.15. The molecule has 0 unspecified atom stereocenters. The van der Waals surface area contributed by atoms with E-state index in [0.29, 0.717) is 11.1 Å². The first-order valence-electron chi connectivity index (χ1n) is 10.8. The lowest BCUT2D eigenvalue weighted by molar-refractivity contribution is -0.133. The summed E-state index contributed by atoms with van der Waals surface area (Å²) < 4.78 is 16.3. The van der Waals surface area contributed by atoms with E-state index in [-0.39, 0.29) is 36.8 Å². The predicted octanol–water partition coefficient (Wildman–Crippen LogP) is 3.65. The number of carbonyl (C=O) groups excluding carboxylic acids is 2. The molecule has 1 atom stereocenters. The number of hydrogen-bond donors (Lipinski definition) is 1. The number of benzene rings is 2. The Hall–Kier alpha value is -3.22. The zero-order valence-electron chi connectivity index (χ0n) is 17.5. The van der Waals surface area contributed by atoms with Gasteiger partial charge in [0.15, 0.2) is 5.82 Å². The van der Waals surface area contributed by atoms with Crippen LogP contribution in [0.1, 0.15) is 48.8 Å². The van der Waals surface area contributed by atoms with Crippen molar-refractivity contribution in [3.8, 4) is 0 Å². The fraction of sp³-hybridized carbons (Fsp3) is 0.375. The maximum atomic E-state index is 14.5. The molecule has 0 radical (unpaired) electrons. The van der Waals surface area contributed by atoms with Crippen molar-refractivity contribution >= 4 is 22.8 Å². The molecule has 1 fully saturated rings. The summed E-state index contributed by atoms with van der Waals surface area (Å²) in [4.78, 5) is 33.1. The molecule has 2 aliphatic rings. The molecule has 0 bridgehead atoms. The van der Waals surface area contributed by atoms with E-state index in [1.54, 1.807) is 25.1 Å². The minimum Gasteiger partial charge on any atom is -0.351 e. The number of nitrogens with one attached hydrogen (secondary N) is 1. The second-order valence-electron chi connectivity index (χ2n) is 8.72. The highest BCUT2D eigenvalue weighted by atomic mass is 19.1. The lowest BCUT2D eigenvalue weighted by Crippen LogP contribution is -2.64. The van der Waals surface area contributed by atoms with Crippen LogP contribution in [0.2, 0.25) is 0 Å². The van der Waals surface area contributed by atoms with Gasteiger partial charge in [0, 0.05) is 11.6 Å². The predicted molar refractivity (Wildman–Crippen MR) is 115 cm³/mol. The van der Waals surface area contributed by atoms with Gasteiger partial charge < -0.3 is 14.8 Å². The lowest BCUT2D eigenvalue weighted by atomic mass is 9.93. The van der Waals surface area contributed by atoms with Gasteiger partial charge in [-0.2, -0.15) is 0 Å². The van der Waals surface area contributed by atoms with Crippen LogP contribution < -0.4 is 5.32 Å². The van der Waals surface area contributed by atoms with Gasteiger partial charge in [-0.1, -0.05) is 43.2 Å². The summed E-state index contributed by atoms with van der Waals surface area (Å²) >= 11 is 0. The number of amides is 2. The van der Waals surface area contributed by atoms with Crippen molar-refractivity contribution in [2.75, 3.05) is 0 Å². The monoisotopic (exact) mass is 420 g/mol. The van der Waals surface area contributed by atoms with Gasteiger partial charge in [0.1, 0.15) is 11.4 Å². The van der Waals surface area contributed by atoms with E-state index in [1.807, 2.05) is 28.8 Å². The second kappa shape index (κ2) is 7.48. The highest BCUT2D eigenvalue weighted by molar-refractivity contribution is 6.01. The SMILES string of the molecule is C[C@]1(C(=O)NC2CCCC2)Cn2c(nc3ccccc32)C(=O)N1Cc1ccccc1F. The zero-order chi connectivity index (χ0) is 21.6. The molecule has 7 heteroatoms. The van der Waals surface area contributed by atoms with Crippen LogP contribution in [-0.2, 0) is 17.9 Å². The summed E-state index contributed by atoms with van der Waals surface area (Å²) in [6.07, 6.45) is 4.08. The first-order chi connectivity index (χ1) is 15.0. The molecule has 1 aliphatic carbocycles. The maximum Gasteiger partial charge on any atom is 0.291 e. The van der Waals surface area contributed by atoms with Gasteiger partial charge >= 0.3 is 0 Å². The number of carbonyl (C=O) groups is 2. The molecule has 0 saturated heterocycles. The van der Waals surface area contributed by atoms with Gasteiger partial charge in [-0.3, -0.25) is 9.59 Å². The Kier molecular flexibility index (Phi) is 4.76. The lowest BCUT2D eigenvalue weighted by Gasteiger charge is -2.44. The normalized spacial score (nSPS) is 21.5. The molecule has 0 spiro atoms. The molecule has 2 aromatic carbocycles. The number of para-hydroxylation sites is 2. The van der Waals surface area contributed by atoms with Crippen molar-refractivity contribution in [3.05, 3.63) is 65.7 Å². The van der Waals surface area contributed by atoms with E-state index in [4.69, 9.17) is 0 Å². The molecule has 31 heavy (non-hydrogen) atoms. The third-order valence-electron chi connectivity index (χ3n) is 6.62. The molecule has 160 valence electrons. The molecule has 2 amide bonds. The Labute approximate surface area is 180 Å². The molecule has 1 aliphatic heterocycles. The number of halogens is 1. The van der Waals surface area contributed by atoms with Crippen LogP contribution in [0.4, 0.5) is 4.39 Å². The number of aromatic nitrogens is 2. The third kappa shape index (κ3) is 3.28. The topological polar surface area (TPSA) is 67.2 Å². The van der Waals surface area contributed by atoms with Crippen LogP contribution >= 0.6 is 0 Å². The molecule has 1 N–H and O–H groups in total. The standard InChI is InChI=1S/C24H25FN4O2/c1-24(23(31)26-17-9-3-4-10-17)15-28-20-13-7-6-12-19(20)27-21(28)22(30)29(24)14-16-8-2-5-11-18(16)25/h2,5-8,11-13,17H,3-4,9-10,14-15H2,1H3,(H,26,31)/t24-/m1/s1. The molecule has 3 aromatic rings. The van der Waals surface area contributed by atoms with Gasteiger partial charge in [0.05, 0.1) is 24.1 Å². The Bertz CT molecular complexity index is 1170. The van der Waals surface area contributed by atoms with Gasteiger partial charge in [0.2, 0.25) is 5.91 Å². The Balaban J connectivity index is 1.58. The minimum atomic E-state index is -1.17. The summed E-state index contributed by atoms with van der Waals surface area (Å²) in [7, 11) is 0. The van der Waals surface area contributed by atoms with Crippen LogP contribution in [-0.4, -0.2) is 37.8 Å². The quantitative estimate of drug-likeness (QED) is 0.701. The Morgan fingerprint density at radius 1 is 1.16 bits per heavy atom. The fourth-order valence-electron chi connectivity index (χ4n) is 4.79. The van der Waals surface area contributed by atoms with E-state index < -0.39 is 11.4 Å². The van der Waals surface area contributed by atoms with Crippen LogP contribution in [0.3, 0.4) is 0 Å². The van der Waals surface area contributed by atoms with Crippen LogP contribution in [0.15, 0.2) is 48.5 Å². The number of imidazole rings is 1. The number of rotatable bonds is 4. The highest BCUT2D eigenvalue weighted by Gasteiger charge is 2.49. The summed E-state index contributed by atoms with van der Waals surface area (Å²) in [5.41, 5.74) is 0.729. The molecule has 5 rings (SSSR count). The Morgan fingerprint density at radius 3 is 2.65 bits per heavy atom. The highest BCUT2D eigenvalue weighted by Crippen LogP contribution is 2.33. The Morgan fingerprint density at radius 2 is 1.87 bits per heavy atom. The number of nitrogens with zero attached hydrogens (tertiary/aromatic N) is 3. The van der Waals surface area contributed by atoms with Crippen LogP contribution in [0, 0.1) is 5.82 Å².